The van der Waals surface area contributed by atoms with Crippen molar-refractivity contribution in [3.05, 3.63) is 46.4 Å². The maximum Gasteiger partial charge on any atom is 0.243 e. The molecule has 178 valence electrons. The van der Waals surface area contributed by atoms with E-state index in [-0.39, 0.29) is 12.5 Å². The van der Waals surface area contributed by atoms with Gasteiger partial charge in [-0.1, -0.05) is 11.6 Å². The van der Waals surface area contributed by atoms with Crippen molar-refractivity contribution < 1.29 is 9.53 Å². The number of anilines is 4. The Labute approximate surface area is 202 Å². The Morgan fingerprint density at radius 1 is 1.24 bits per heavy atom. The Balaban J connectivity index is 1.34. The molecule has 0 fully saturated rings. The van der Waals surface area contributed by atoms with Gasteiger partial charge in [-0.2, -0.15) is 5.10 Å². The van der Waals surface area contributed by atoms with Gasteiger partial charge in [0.05, 0.1) is 16.9 Å². The molecule has 0 saturated heterocycles. The minimum absolute atomic E-state index is 0.0122. The number of aryl methyl sites for hydroxylation is 1. The van der Waals surface area contributed by atoms with Crippen molar-refractivity contribution in [1.29, 1.82) is 0 Å². The number of carbonyl (C=O) groups excluding carboxylic acids is 1. The van der Waals surface area contributed by atoms with E-state index in [2.05, 4.69) is 30.6 Å². The fraction of sp³-hybridized carbons (Fsp3) is 0.391. The first-order valence-electron chi connectivity index (χ1n) is 11.2. The quantitative estimate of drug-likeness (QED) is 0.572. The number of nitrogens with zero attached hydrogens (tertiary/aromatic N) is 6. The predicted octanol–water partition coefficient (Wildman–Crippen LogP) is 2.83. The summed E-state index contributed by atoms with van der Waals surface area (Å²) in [5.41, 5.74) is 4.92. The molecule has 3 aromatic rings. The fourth-order valence-electron chi connectivity index (χ4n) is 4.11. The summed E-state index contributed by atoms with van der Waals surface area (Å²) in [6.07, 6.45) is 4.56. The number of amides is 1. The van der Waals surface area contributed by atoms with Gasteiger partial charge in [-0.3, -0.25) is 9.48 Å². The number of rotatable bonds is 5. The molecule has 0 radical (unpaired) electrons. The number of ether oxygens (including phenoxy) is 1. The molecule has 3 aromatic heterocycles. The molecule has 0 bridgehead atoms. The summed E-state index contributed by atoms with van der Waals surface area (Å²) >= 11 is 6.71. The SMILES string of the molecule is Cc1cc(Nc2cc3c(cn2)CCN(c2cnc4c(c2Cl)NCCO4)C3)nn1CC(=O)N(C)C. The normalized spacial score (nSPS) is 14.5. The molecule has 2 aliphatic rings. The Morgan fingerprint density at radius 3 is 2.91 bits per heavy atom. The van der Waals surface area contributed by atoms with E-state index in [0.717, 1.165) is 30.0 Å². The summed E-state index contributed by atoms with van der Waals surface area (Å²) < 4.78 is 7.28. The number of nitrogens with one attached hydrogen (secondary N) is 2. The zero-order chi connectivity index (χ0) is 23.8. The third-order valence-corrected chi connectivity index (χ3v) is 6.44. The second-order valence-electron chi connectivity index (χ2n) is 8.66. The summed E-state index contributed by atoms with van der Waals surface area (Å²) in [5, 5.41) is 11.7. The molecule has 10 nitrogen and oxygen atoms in total. The van der Waals surface area contributed by atoms with E-state index in [4.69, 9.17) is 16.3 Å². The largest absolute Gasteiger partial charge is 0.474 e. The summed E-state index contributed by atoms with van der Waals surface area (Å²) in [6.45, 7) is 4.93. The standard InChI is InChI=1S/C23H27ClN8O2/c1-14-8-19(29-32(14)13-20(33)30(2)3)28-18-9-16-12-31(6-4-15(16)10-26-18)17-11-27-23-22(21(17)24)25-5-7-34-23/h8-11,25H,4-7,12-13H2,1-3H3,(H,26,28,29). The molecule has 0 spiro atoms. The van der Waals surface area contributed by atoms with Gasteiger partial charge in [0, 0.05) is 51.7 Å². The number of fused-ring (bicyclic) bond motifs is 2. The highest BCUT2D eigenvalue weighted by molar-refractivity contribution is 6.36. The number of aromatic nitrogens is 4. The molecular formula is C23H27ClN8O2. The van der Waals surface area contributed by atoms with Gasteiger partial charge in [-0.15, -0.1) is 0 Å². The molecule has 1 amide bonds. The zero-order valence-electron chi connectivity index (χ0n) is 19.4. The molecule has 2 N–H and O–H groups in total. The van der Waals surface area contributed by atoms with Gasteiger partial charge in [-0.25, -0.2) is 9.97 Å². The van der Waals surface area contributed by atoms with Crippen LogP contribution in [0.1, 0.15) is 16.8 Å². The van der Waals surface area contributed by atoms with Crippen molar-refractivity contribution in [3.63, 3.8) is 0 Å². The Kier molecular flexibility index (Phi) is 5.91. The summed E-state index contributed by atoms with van der Waals surface area (Å²) in [6, 6.07) is 3.95. The molecule has 34 heavy (non-hydrogen) atoms. The molecule has 0 unspecified atom stereocenters. The second kappa shape index (κ2) is 9.02. The minimum atomic E-state index is -0.0122. The van der Waals surface area contributed by atoms with Crippen molar-refractivity contribution in [2.75, 3.05) is 49.3 Å². The predicted molar refractivity (Wildman–Crippen MR) is 131 cm³/mol. The summed E-state index contributed by atoms with van der Waals surface area (Å²) in [5.74, 6) is 1.89. The van der Waals surface area contributed by atoms with Crippen LogP contribution in [0.5, 0.6) is 5.88 Å². The van der Waals surface area contributed by atoms with E-state index < -0.39 is 0 Å². The molecule has 0 atom stereocenters. The van der Waals surface area contributed by atoms with Crippen LogP contribution in [-0.4, -0.2) is 64.3 Å². The van der Waals surface area contributed by atoms with E-state index in [1.165, 1.54) is 11.1 Å². The molecule has 0 saturated carbocycles. The Morgan fingerprint density at radius 2 is 2.09 bits per heavy atom. The Hall–Kier alpha value is -3.53. The van der Waals surface area contributed by atoms with Crippen LogP contribution in [0, 0.1) is 6.92 Å². The lowest BCUT2D eigenvalue weighted by molar-refractivity contribution is -0.129. The van der Waals surface area contributed by atoms with E-state index in [0.29, 0.717) is 42.2 Å². The van der Waals surface area contributed by atoms with Gasteiger partial charge in [0.25, 0.3) is 0 Å². The van der Waals surface area contributed by atoms with Crippen LogP contribution in [0.4, 0.5) is 23.0 Å². The number of likely N-dealkylation sites (N-methyl/N-ethyl adjacent to an activating group) is 1. The van der Waals surface area contributed by atoms with Crippen molar-refractivity contribution >= 4 is 40.5 Å². The second-order valence-corrected chi connectivity index (χ2v) is 9.04. The van der Waals surface area contributed by atoms with Crippen LogP contribution in [0.3, 0.4) is 0 Å². The van der Waals surface area contributed by atoms with Gasteiger partial charge >= 0.3 is 0 Å². The maximum atomic E-state index is 12.0. The van der Waals surface area contributed by atoms with Crippen LogP contribution < -0.4 is 20.3 Å². The molecule has 11 heteroatoms. The van der Waals surface area contributed by atoms with Crippen molar-refractivity contribution in [3.8, 4) is 5.88 Å². The molecule has 2 aliphatic heterocycles. The summed E-state index contributed by atoms with van der Waals surface area (Å²) in [4.78, 5) is 24.8. The lowest BCUT2D eigenvalue weighted by Gasteiger charge is -2.32. The molecule has 5 rings (SSSR count). The first-order chi connectivity index (χ1) is 16.4. The van der Waals surface area contributed by atoms with Gasteiger partial charge in [0.2, 0.25) is 11.8 Å². The topological polar surface area (TPSA) is 100 Å². The highest BCUT2D eigenvalue weighted by Crippen LogP contribution is 2.40. The van der Waals surface area contributed by atoms with Gasteiger partial charge in [-0.05, 0) is 30.5 Å². The first kappa shape index (κ1) is 22.3. The monoisotopic (exact) mass is 482 g/mol. The van der Waals surface area contributed by atoms with Gasteiger partial charge < -0.3 is 25.2 Å². The molecule has 5 heterocycles. The van der Waals surface area contributed by atoms with Gasteiger partial charge in [0.1, 0.15) is 24.7 Å². The number of hydrogen-bond acceptors (Lipinski definition) is 8. The zero-order valence-corrected chi connectivity index (χ0v) is 20.2. The first-order valence-corrected chi connectivity index (χ1v) is 11.6. The number of hydrogen-bond donors (Lipinski definition) is 2. The third kappa shape index (κ3) is 4.33. The molecule has 0 aromatic carbocycles. The molecular weight excluding hydrogens is 456 g/mol. The van der Waals surface area contributed by atoms with E-state index in [1.54, 1.807) is 29.9 Å². The fourth-order valence-corrected chi connectivity index (χ4v) is 4.43. The van der Waals surface area contributed by atoms with Crippen LogP contribution in [-0.2, 0) is 24.3 Å². The van der Waals surface area contributed by atoms with E-state index in [1.807, 2.05) is 25.3 Å². The minimum Gasteiger partial charge on any atom is -0.474 e. The van der Waals surface area contributed by atoms with Gasteiger partial charge in [0.15, 0.2) is 5.82 Å². The molecule has 0 aliphatic carbocycles. The van der Waals surface area contributed by atoms with Crippen LogP contribution in [0.25, 0.3) is 0 Å². The average molecular weight is 483 g/mol. The highest BCUT2D eigenvalue weighted by atomic mass is 35.5. The van der Waals surface area contributed by atoms with Crippen molar-refractivity contribution in [2.24, 2.45) is 0 Å². The number of carbonyl (C=O) groups is 1. The Bertz CT molecular complexity index is 1240. The van der Waals surface area contributed by atoms with Crippen molar-refractivity contribution in [1.82, 2.24) is 24.6 Å². The number of halogens is 1. The van der Waals surface area contributed by atoms with Crippen LogP contribution >= 0.6 is 11.6 Å². The van der Waals surface area contributed by atoms with Crippen LogP contribution in [0.2, 0.25) is 5.02 Å². The third-order valence-electron chi connectivity index (χ3n) is 6.06. The smallest absolute Gasteiger partial charge is 0.243 e. The highest BCUT2D eigenvalue weighted by Gasteiger charge is 2.24. The lowest BCUT2D eigenvalue weighted by Crippen LogP contribution is -2.31. The van der Waals surface area contributed by atoms with Crippen molar-refractivity contribution in [2.45, 2.75) is 26.4 Å². The maximum absolute atomic E-state index is 12.0. The lowest BCUT2D eigenvalue weighted by atomic mass is 10.0. The summed E-state index contributed by atoms with van der Waals surface area (Å²) in [7, 11) is 3.47. The van der Waals surface area contributed by atoms with E-state index in [9.17, 15) is 4.79 Å². The van der Waals surface area contributed by atoms with E-state index >= 15 is 0 Å². The number of pyridine rings is 2. The average Bonchev–Trinajstić information content (AvgIpc) is 3.17. The van der Waals surface area contributed by atoms with Crippen LogP contribution in [0.15, 0.2) is 24.5 Å².